The van der Waals surface area contributed by atoms with Crippen LogP contribution in [0.3, 0.4) is 0 Å². The summed E-state index contributed by atoms with van der Waals surface area (Å²) in [5, 5.41) is 6.25. The average molecular weight is 394 g/mol. The molecule has 5 nitrogen and oxygen atoms in total. The summed E-state index contributed by atoms with van der Waals surface area (Å²) in [6.45, 7) is 3.71. The second kappa shape index (κ2) is 9.03. The van der Waals surface area contributed by atoms with E-state index < -0.39 is 6.04 Å². The molecule has 138 valence electrons. The van der Waals surface area contributed by atoms with Crippen LogP contribution in [0.25, 0.3) is 0 Å². The number of amides is 2. The molecule has 0 aromatic heterocycles. The lowest BCUT2D eigenvalue weighted by atomic mass is 10.2. The van der Waals surface area contributed by atoms with E-state index in [1.165, 1.54) is 0 Å². The molecule has 0 saturated carbocycles. The average Bonchev–Trinajstić information content (AvgIpc) is 2.57. The Bertz CT molecular complexity index is 791. The molecule has 0 aliphatic rings. The van der Waals surface area contributed by atoms with Crippen molar-refractivity contribution in [1.29, 1.82) is 0 Å². The van der Waals surface area contributed by atoms with Crippen LogP contribution in [0, 0.1) is 6.92 Å². The maximum Gasteiger partial charge on any atom is 0.241 e. The standard InChI is InChI=1S/C19H21Cl2N3O2/c1-12-6-4-7-14(10-12)22-19(26)13(2)24(3)11-17(25)23-18-15(20)8-5-9-16(18)21/h4-10,13H,11H2,1-3H3,(H,22,26)(H,23,25). The number of para-hydroxylation sites is 1. The molecule has 0 fully saturated rings. The number of anilines is 2. The van der Waals surface area contributed by atoms with E-state index in [-0.39, 0.29) is 18.4 Å². The van der Waals surface area contributed by atoms with Gasteiger partial charge in [-0.2, -0.15) is 0 Å². The predicted molar refractivity (Wildman–Crippen MR) is 107 cm³/mol. The van der Waals surface area contributed by atoms with Crippen molar-refractivity contribution in [2.24, 2.45) is 0 Å². The van der Waals surface area contributed by atoms with Gasteiger partial charge in [0.1, 0.15) is 0 Å². The maximum absolute atomic E-state index is 12.4. The monoisotopic (exact) mass is 393 g/mol. The largest absolute Gasteiger partial charge is 0.325 e. The first kappa shape index (κ1) is 20.2. The SMILES string of the molecule is Cc1cccc(NC(=O)C(C)N(C)CC(=O)Nc2c(Cl)cccc2Cl)c1. The molecule has 0 radical (unpaired) electrons. The number of nitrogens with zero attached hydrogens (tertiary/aromatic N) is 1. The third-order valence-corrected chi connectivity index (χ3v) is 4.58. The Hall–Kier alpha value is -2.08. The first-order valence-corrected chi connectivity index (χ1v) is 8.85. The minimum absolute atomic E-state index is 0.0178. The summed E-state index contributed by atoms with van der Waals surface area (Å²) >= 11 is 12.1. The van der Waals surface area contributed by atoms with Crippen molar-refractivity contribution in [2.75, 3.05) is 24.2 Å². The van der Waals surface area contributed by atoms with E-state index in [1.807, 2.05) is 31.2 Å². The van der Waals surface area contributed by atoms with Crippen LogP contribution in [-0.4, -0.2) is 36.3 Å². The molecule has 0 aliphatic carbocycles. The highest BCUT2D eigenvalue weighted by atomic mass is 35.5. The third-order valence-electron chi connectivity index (χ3n) is 3.95. The molecule has 0 saturated heterocycles. The van der Waals surface area contributed by atoms with Crippen molar-refractivity contribution < 1.29 is 9.59 Å². The summed E-state index contributed by atoms with van der Waals surface area (Å²) in [6.07, 6.45) is 0. The number of nitrogens with one attached hydrogen (secondary N) is 2. The molecule has 2 aromatic carbocycles. The normalized spacial score (nSPS) is 11.9. The maximum atomic E-state index is 12.4. The number of likely N-dealkylation sites (N-methyl/N-ethyl adjacent to an activating group) is 1. The van der Waals surface area contributed by atoms with Crippen LogP contribution in [0.2, 0.25) is 10.0 Å². The second-order valence-corrected chi connectivity index (χ2v) is 6.91. The van der Waals surface area contributed by atoms with Crippen molar-refractivity contribution in [3.8, 4) is 0 Å². The zero-order valence-electron chi connectivity index (χ0n) is 14.8. The van der Waals surface area contributed by atoms with E-state index in [4.69, 9.17) is 23.2 Å². The lowest BCUT2D eigenvalue weighted by molar-refractivity contribution is -0.122. The van der Waals surface area contributed by atoms with Crippen molar-refractivity contribution in [2.45, 2.75) is 19.9 Å². The van der Waals surface area contributed by atoms with Crippen LogP contribution in [0.5, 0.6) is 0 Å². The minimum atomic E-state index is -0.497. The Balaban J connectivity index is 1.94. The molecule has 26 heavy (non-hydrogen) atoms. The molecule has 2 N–H and O–H groups in total. The first-order chi connectivity index (χ1) is 12.3. The van der Waals surface area contributed by atoms with Crippen LogP contribution in [0.15, 0.2) is 42.5 Å². The van der Waals surface area contributed by atoms with Gasteiger partial charge in [-0.3, -0.25) is 14.5 Å². The fourth-order valence-electron chi connectivity index (χ4n) is 2.33. The Morgan fingerprint density at radius 1 is 1.08 bits per heavy atom. The predicted octanol–water partition coefficient (Wildman–Crippen LogP) is 4.20. The quantitative estimate of drug-likeness (QED) is 0.772. The second-order valence-electron chi connectivity index (χ2n) is 6.09. The number of rotatable bonds is 6. The van der Waals surface area contributed by atoms with Gasteiger partial charge in [0.2, 0.25) is 11.8 Å². The zero-order chi connectivity index (χ0) is 19.3. The van der Waals surface area contributed by atoms with E-state index in [9.17, 15) is 9.59 Å². The van der Waals surface area contributed by atoms with Gasteiger partial charge in [0, 0.05) is 5.69 Å². The first-order valence-electron chi connectivity index (χ1n) is 8.09. The fraction of sp³-hybridized carbons (Fsp3) is 0.263. The van der Waals surface area contributed by atoms with Gasteiger partial charge in [-0.1, -0.05) is 41.4 Å². The number of halogens is 2. The lowest BCUT2D eigenvalue weighted by Crippen LogP contribution is -2.43. The van der Waals surface area contributed by atoms with Crippen molar-refractivity contribution >= 4 is 46.4 Å². The highest BCUT2D eigenvalue weighted by molar-refractivity contribution is 6.39. The van der Waals surface area contributed by atoms with Crippen LogP contribution in [0.1, 0.15) is 12.5 Å². The van der Waals surface area contributed by atoms with Crippen molar-refractivity contribution in [3.63, 3.8) is 0 Å². The minimum Gasteiger partial charge on any atom is -0.325 e. The molecule has 2 rings (SSSR count). The zero-order valence-corrected chi connectivity index (χ0v) is 16.4. The van der Waals surface area contributed by atoms with Crippen LogP contribution in [0.4, 0.5) is 11.4 Å². The van der Waals surface area contributed by atoms with Gasteiger partial charge < -0.3 is 10.6 Å². The van der Waals surface area contributed by atoms with Gasteiger partial charge in [-0.05, 0) is 50.7 Å². The lowest BCUT2D eigenvalue weighted by Gasteiger charge is -2.23. The molecule has 0 spiro atoms. The highest BCUT2D eigenvalue weighted by Crippen LogP contribution is 2.29. The molecule has 2 amide bonds. The fourth-order valence-corrected chi connectivity index (χ4v) is 2.82. The smallest absolute Gasteiger partial charge is 0.241 e. The Morgan fingerprint density at radius 3 is 2.31 bits per heavy atom. The number of carbonyl (C=O) groups excluding carboxylic acids is 2. The molecular formula is C19H21Cl2N3O2. The Kier molecular flexibility index (Phi) is 7.03. The van der Waals surface area contributed by atoms with Gasteiger partial charge >= 0.3 is 0 Å². The molecule has 7 heteroatoms. The molecule has 2 aromatic rings. The number of benzene rings is 2. The molecule has 0 bridgehead atoms. The molecule has 1 unspecified atom stereocenters. The molecular weight excluding hydrogens is 373 g/mol. The summed E-state index contributed by atoms with van der Waals surface area (Å²) < 4.78 is 0. The number of carbonyl (C=O) groups is 2. The summed E-state index contributed by atoms with van der Waals surface area (Å²) in [5.41, 5.74) is 2.15. The number of hydrogen-bond acceptors (Lipinski definition) is 3. The van der Waals surface area contributed by atoms with E-state index in [0.29, 0.717) is 15.7 Å². The highest BCUT2D eigenvalue weighted by Gasteiger charge is 2.21. The van der Waals surface area contributed by atoms with Crippen LogP contribution in [-0.2, 0) is 9.59 Å². The summed E-state index contributed by atoms with van der Waals surface area (Å²) in [6, 6.07) is 12.0. The van der Waals surface area contributed by atoms with Crippen molar-refractivity contribution in [1.82, 2.24) is 4.90 Å². The Labute approximate surface area is 163 Å². The molecule has 0 heterocycles. The summed E-state index contributed by atoms with van der Waals surface area (Å²) in [5.74, 6) is -0.501. The van der Waals surface area contributed by atoms with Gasteiger partial charge in [0.05, 0.1) is 28.3 Å². The number of aryl methyl sites for hydroxylation is 1. The van der Waals surface area contributed by atoms with Gasteiger partial charge in [-0.25, -0.2) is 0 Å². The van der Waals surface area contributed by atoms with E-state index in [1.54, 1.807) is 37.1 Å². The molecule has 0 aliphatic heterocycles. The van der Waals surface area contributed by atoms with Gasteiger partial charge in [-0.15, -0.1) is 0 Å². The van der Waals surface area contributed by atoms with Crippen LogP contribution < -0.4 is 10.6 Å². The Morgan fingerprint density at radius 2 is 1.69 bits per heavy atom. The summed E-state index contributed by atoms with van der Waals surface area (Å²) in [4.78, 5) is 26.3. The van der Waals surface area contributed by atoms with E-state index in [2.05, 4.69) is 10.6 Å². The van der Waals surface area contributed by atoms with E-state index in [0.717, 1.165) is 11.3 Å². The topological polar surface area (TPSA) is 61.4 Å². The van der Waals surface area contributed by atoms with Crippen LogP contribution >= 0.6 is 23.2 Å². The molecule has 1 atom stereocenters. The van der Waals surface area contributed by atoms with Gasteiger partial charge in [0.15, 0.2) is 0 Å². The third kappa shape index (κ3) is 5.46. The van der Waals surface area contributed by atoms with Crippen molar-refractivity contribution in [3.05, 3.63) is 58.1 Å². The number of hydrogen-bond donors (Lipinski definition) is 2. The van der Waals surface area contributed by atoms with E-state index >= 15 is 0 Å². The summed E-state index contributed by atoms with van der Waals surface area (Å²) in [7, 11) is 1.70. The van der Waals surface area contributed by atoms with Gasteiger partial charge in [0.25, 0.3) is 0 Å².